The number of likely N-dealkylation sites (tertiary alicyclic amines) is 1. The van der Waals surface area contributed by atoms with E-state index in [9.17, 15) is 0 Å². The van der Waals surface area contributed by atoms with Gasteiger partial charge in [-0.3, -0.25) is 0 Å². The quantitative estimate of drug-likeness (QED) is 0.469. The van der Waals surface area contributed by atoms with Crippen molar-refractivity contribution >= 4 is 0 Å². The lowest BCUT2D eigenvalue weighted by molar-refractivity contribution is -0.100. The summed E-state index contributed by atoms with van der Waals surface area (Å²) >= 11 is 0. The summed E-state index contributed by atoms with van der Waals surface area (Å²) in [6, 6.07) is 0. The highest BCUT2D eigenvalue weighted by atomic mass is 16.5. The minimum absolute atomic E-state index is 0.314. The second-order valence-electron chi connectivity index (χ2n) is 3.31. The molecule has 0 aromatic rings. The lowest BCUT2D eigenvalue weighted by atomic mass is 9.92. The van der Waals surface area contributed by atoms with Gasteiger partial charge in [0.1, 0.15) is 0 Å². The molecule has 2 aliphatic rings. The zero-order chi connectivity index (χ0) is 6.32. The molecular formula is C7H13NO. The molecule has 2 aliphatic heterocycles. The van der Waals surface area contributed by atoms with Crippen molar-refractivity contribution < 1.29 is 4.74 Å². The van der Waals surface area contributed by atoms with Gasteiger partial charge in [-0.05, 0) is 19.9 Å². The highest BCUT2D eigenvalue weighted by Crippen LogP contribution is 2.33. The third-order valence-electron chi connectivity index (χ3n) is 2.30. The molecule has 2 fully saturated rings. The summed E-state index contributed by atoms with van der Waals surface area (Å²) < 4.78 is 5.61. The Morgan fingerprint density at radius 3 is 2.67 bits per heavy atom. The Morgan fingerprint density at radius 2 is 2.22 bits per heavy atom. The van der Waals surface area contributed by atoms with Crippen LogP contribution in [0.15, 0.2) is 0 Å². The topological polar surface area (TPSA) is 12.5 Å². The van der Waals surface area contributed by atoms with Crippen LogP contribution in [0.4, 0.5) is 0 Å². The van der Waals surface area contributed by atoms with Crippen LogP contribution in [0.1, 0.15) is 12.8 Å². The van der Waals surface area contributed by atoms with Crippen molar-refractivity contribution in [3.05, 3.63) is 0 Å². The first-order valence-corrected chi connectivity index (χ1v) is 3.63. The monoisotopic (exact) mass is 127 g/mol. The van der Waals surface area contributed by atoms with Crippen LogP contribution in [-0.2, 0) is 4.74 Å². The van der Waals surface area contributed by atoms with Crippen molar-refractivity contribution in [3.63, 3.8) is 0 Å². The lowest BCUT2D eigenvalue weighted by Gasteiger charge is -2.45. The Kier molecular flexibility index (Phi) is 1.08. The Morgan fingerprint density at radius 1 is 1.44 bits per heavy atom. The van der Waals surface area contributed by atoms with Crippen molar-refractivity contribution in [1.29, 1.82) is 0 Å². The van der Waals surface area contributed by atoms with Crippen LogP contribution in [0.2, 0.25) is 0 Å². The van der Waals surface area contributed by atoms with Gasteiger partial charge in [-0.15, -0.1) is 0 Å². The zero-order valence-corrected chi connectivity index (χ0v) is 5.89. The summed E-state index contributed by atoms with van der Waals surface area (Å²) in [4.78, 5) is 2.31. The smallest absolute Gasteiger partial charge is 0.0935 e. The number of ether oxygens (including phenoxy) is 1. The molecule has 0 atom stereocenters. The summed E-state index contributed by atoms with van der Waals surface area (Å²) in [7, 11) is 2.15. The maximum Gasteiger partial charge on any atom is 0.0935 e. The van der Waals surface area contributed by atoms with Crippen molar-refractivity contribution in [2.45, 2.75) is 18.4 Å². The molecule has 0 saturated carbocycles. The maximum absolute atomic E-state index is 5.61. The first kappa shape index (κ1) is 5.69. The van der Waals surface area contributed by atoms with Crippen LogP contribution in [-0.4, -0.2) is 37.2 Å². The van der Waals surface area contributed by atoms with Crippen LogP contribution in [0.3, 0.4) is 0 Å². The molecule has 2 rings (SSSR count). The molecular weight excluding hydrogens is 114 g/mol. The van der Waals surface area contributed by atoms with Gasteiger partial charge in [-0.25, -0.2) is 0 Å². The molecule has 0 unspecified atom stereocenters. The molecule has 2 heteroatoms. The van der Waals surface area contributed by atoms with Crippen LogP contribution in [0.25, 0.3) is 0 Å². The van der Waals surface area contributed by atoms with Gasteiger partial charge in [0.2, 0.25) is 0 Å². The third-order valence-corrected chi connectivity index (χ3v) is 2.30. The Labute approximate surface area is 55.8 Å². The van der Waals surface area contributed by atoms with Crippen LogP contribution in [0.5, 0.6) is 0 Å². The molecule has 1 spiro atoms. The minimum Gasteiger partial charge on any atom is -0.372 e. The van der Waals surface area contributed by atoms with E-state index in [1.165, 1.54) is 12.8 Å². The van der Waals surface area contributed by atoms with Crippen molar-refractivity contribution in [2.24, 2.45) is 0 Å². The van der Waals surface area contributed by atoms with E-state index in [1.807, 2.05) is 0 Å². The normalized spacial score (nSPS) is 33.0. The van der Waals surface area contributed by atoms with E-state index in [0.717, 1.165) is 19.7 Å². The van der Waals surface area contributed by atoms with Gasteiger partial charge < -0.3 is 9.64 Å². The van der Waals surface area contributed by atoms with E-state index in [4.69, 9.17) is 4.74 Å². The van der Waals surface area contributed by atoms with Crippen molar-refractivity contribution in [1.82, 2.24) is 4.90 Å². The molecule has 52 valence electrons. The molecule has 0 N–H and O–H groups in total. The average Bonchev–Trinajstić information content (AvgIpc) is 2.12. The van der Waals surface area contributed by atoms with Crippen LogP contribution in [0, 0.1) is 0 Å². The van der Waals surface area contributed by atoms with E-state index >= 15 is 0 Å². The van der Waals surface area contributed by atoms with Gasteiger partial charge >= 0.3 is 0 Å². The first-order valence-electron chi connectivity index (χ1n) is 3.63. The molecule has 2 heterocycles. The fourth-order valence-electron chi connectivity index (χ4n) is 1.94. The Hall–Kier alpha value is -0.0800. The number of hydrogen-bond donors (Lipinski definition) is 0. The number of rotatable bonds is 0. The van der Waals surface area contributed by atoms with Gasteiger partial charge in [-0.2, -0.15) is 0 Å². The molecule has 2 saturated heterocycles. The van der Waals surface area contributed by atoms with Gasteiger partial charge in [0.15, 0.2) is 0 Å². The second kappa shape index (κ2) is 1.70. The highest BCUT2D eigenvalue weighted by Gasteiger charge is 2.44. The molecule has 0 aromatic heterocycles. The van der Waals surface area contributed by atoms with Crippen molar-refractivity contribution in [3.8, 4) is 0 Å². The summed E-state index contributed by atoms with van der Waals surface area (Å²) in [6.45, 7) is 3.31. The summed E-state index contributed by atoms with van der Waals surface area (Å²) in [5, 5.41) is 0. The highest BCUT2D eigenvalue weighted by molar-refractivity contribution is 4.98. The molecule has 2 nitrogen and oxygen atoms in total. The Balaban J connectivity index is 1.95. The Bertz CT molecular complexity index is 110. The molecule has 0 radical (unpaired) electrons. The van der Waals surface area contributed by atoms with Gasteiger partial charge in [0.25, 0.3) is 0 Å². The minimum atomic E-state index is 0.314. The van der Waals surface area contributed by atoms with E-state index in [2.05, 4.69) is 11.9 Å². The lowest BCUT2D eigenvalue weighted by Crippen LogP contribution is -2.59. The molecule has 0 aromatic carbocycles. The van der Waals surface area contributed by atoms with E-state index in [0.29, 0.717) is 5.60 Å². The molecule has 0 amide bonds. The number of likely N-dealkylation sites (N-methyl/N-ethyl adjacent to an activating group) is 1. The van der Waals surface area contributed by atoms with Crippen LogP contribution >= 0.6 is 0 Å². The molecule has 0 aliphatic carbocycles. The third kappa shape index (κ3) is 0.775. The largest absolute Gasteiger partial charge is 0.372 e. The summed E-state index contributed by atoms with van der Waals surface area (Å²) in [5.74, 6) is 0. The molecule has 9 heavy (non-hydrogen) atoms. The van der Waals surface area contributed by atoms with E-state index < -0.39 is 0 Å². The summed E-state index contributed by atoms with van der Waals surface area (Å²) in [6.07, 6.45) is 2.56. The van der Waals surface area contributed by atoms with Gasteiger partial charge in [0, 0.05) is 19.7 Å². The van der Waals surface area contributed by atoms with E-state index in [-0.39, 0.29) is 0 Å². The van der Waals surface area contributed by atoms with Crippen molar-refractivity contribution in [2.75, 3.05) is 26.7 Å². The number of hydrogen-bond acceptors (Lipinski definition) is 2. The predicted molar refractivity (Wildman–Crippen MR) is 35.4 cm³/mol. The van der Waals surface area contributed by atoms with E-state index in [1.54, 1.807) is 0 Å². The SMILES string of the molecule is CN1CC2(CCCO2)C1. The fourth-order valence-corrected chi connectivity index (χ4v) is 1.94. The summed E-state index contributed by atoms with van der Waals surface area (Å²) in [5.41, 5.74) is 0.314. The first-order chi connectivity index (χ1) is 4.31. The maximum atomic E-state index is 5.61. The molecule has 0 bridgehead atoms. The predicted octanol–water partition coefficient (Wildman–Crippen LogP) is 0.481. The second-order valence-corrected chi connectivity index (χ2v) is 3.31. The standard InChI is InChI=1S/C7H13NO/c1-8-5-7(6-8)3-2-4-9-7/h2-6H2,1H3. The van der Waals surface area contributed by atoms with Gasteiger partial charge in [-0.1, -0.05) is 0 Å². The average molecular weight is 127 g/mol. The van der Waals surface area contributed by atoms with Crippen LogP contribution < -0.4 is 0 Å². The van der Waals surface area contributed by atoms with Gasteiger partial charge in [0.05, 0.1) is 5.60 Å². The number of nitrogens with zero attached hydrogens (tertiary/aromatic N) is 1. The zero-order valence-electron chi connectivity index (χ0n) is 5.89. The fraction of sp³-hybridized carbons (Fsp3) is 1.00.